The lowest BCUT2D eigenvalue weighted by atomic mass is 10.1. The molecule has 0 unspecified atom stereocenters. The molecule has 1 fully saturated rings. The quantitative estimate of drug-likeness (QED) is 0.803. The Morgan fingerprint density at radius 1 is 1.45 bits per heavy atom. The fourth-order valence-corrected chi connectivity index (χ4v) is 2.44. The molecule has 1 saturated carbocycles. The largest absolute Gasteiger partial charge is 0.457 e. The Morgan fingerprint density at radius 3 is 2.85 bits per heavy atom. The lowest BCUT2D eigenvalue weighted by Gasteiger charge is -2.02. The zero-order valence-electron chi connectivity index (χ0n) is 10.9. The summed E-state index contributed by atoms with van der Waals surface area (Å²) in [4.78, 5) is 15.9. The van der Waals surface area contributed by atoms with Crippen molar-refractivity contribution in [3.8, 4) is 0 Å². The number of aromatic nitrogens is 2. The highest BCUT2D eigenvalue weighted by Gasteiger charge is 2.45. The first-order chi connectivity index (χ1) is 9.63. The van der Waals surface area contributed by atoms with Gasteiger partial charge >= 0.3 is 5.97 Å². The molecule has 1 heterocycles. The second-order valence-corrected chi connectivity index (χ2v) is 5.75. The molecule has 0 spiro atoms. The minimum Gasteiger partial charge on any atom is -0.457 e. The van der Waals surface area contributed by atoms with Crippen LogP contribution >= 0.6 is 15.9 Å². The maximum absolute atomic E-state index is 11.9. The van der Waals surface area contributed by atoms with Crippen LogP contribution in [0.5, 0.6) is 0 Å². The van der Waals surface area contributed by atoms with Crippen LogP contribution in [0.2, 0.25) is 0 Å². The topological polar surface area (TPSA) is 65.2 Å². The van der Waals surface area contributed by atoms with Gasteiger partial charge in [-0.2, -0.15) is 4.98 Å². The van der Waals surface area contributed by atoms with Gasteiger partial charge in [0, 0.05) is 11.4 Å². The third-order valence-electron chi connectivity index (χ3n) is 3.30. The zero-order valence-corrected chi connectivity index (χ0v) is 12.5. The van der Waals surface area contributed by atoms with Crippen molar-refractivity contribution < 1.29 is 14.1 Å². The fraction of sp³-hybridized carbons (Fsp3) is 0.357. The van der Waals surface area contributed by atoms with Crippen LogP contribution in [0.15, 0.2) is 33.3 Å². The monoisotopic (exact) mass is 336 g/mol. The smallest absolute Gasteiger partial charge is 0.310 e. The van der Waals surface area contributed by atoms with Crippen molar-refractivity contribution in [2.24, 2.45) is 5.92 Å². The molecule has 0 N–H and O–H groups in total. The number of carbonyl (C=O) groups excluding carboxylic acids is 1. The van der Waals surface area contributed by atoms with E-state index in [1.807, 2.05) is 24.3 Å². The zero-order chi connectivity index (χ0) is 14.1. The van der Waals surface area contributed by atoms with Gasteiger partial charge in [-0.25, -0.2) is 0 Å². The normalized spacial score (nSPS) is 20.7. The first kappa shape index (κ1) is 13.3. The lowest BCUT2D eigenvalue weighted by Crippen LogP contribution is -2.08. The highest BCUT2D eigenvalue weighted by Crippen LogP contribution is 2.48. The van der Waals surface area contributed by atoms with E-state index in [-0.39, 0.29) is 24.4 Å². The average molecular weight is 337 g/mol. The predicted molar refractivity (Wildman–Crippen MR) is 73.8 cm³/mol. The van der Waals surface area contributed by atoms with Crippen molar-refractivity contribution in [1.82, 2.24) is 10.1 Å². The van der Waals surface area contributed by atoms with E-state index in [0.29, 0.717) is 11.7 Å². The number of hydrogen-bond donors (Lipinski definition) is 0. The molecule has 0 radical (unpaired) electrons. The SMILES string of the molecule is Cc1nc(COC(=O)[C@@H]2C[C@H]2c2ccc(Br)cc2)no1. The maximum atomic E-state index is 11.9. The van der Waals surface area contributed by atoms with Gasteiger partial charge in [-0.15, -0.1) is 0 Å². The first-order valence-electron chi connectivity index (χ1n) is 6.35. The number of benzene rings is 1. The van der Waals surface area contributed by atoms with Crippen LogP contribution in [0.25, 0.3) is 0 Å². The fourth-order valence-electron chi connectivity index (χ4n) is 2.18. The molecule has 1 aliphatic carbocycles. The molecule has 104 valence electrons. The minimum atomic E-state index is -0.194. The number of nitrogens with zero attached hydrogens (tertiary/aromatic N) is 2. The number of aryl methyl sites for hydroxylation is 1. The van der Waals surface area contributed by atoms with Crippen LogP contribution in [0.1, 0.15) is 29.6 Å². The van der Waals surface area contributed by atoms with Gasteiger partial charge in [-0.1, -0.05) is 33.2 Å². The number of hydrogen-bond acceptors (Lipinski definition) is 5. The Bertz CT molecular complexity index is 624. The van der Waals surface area contributed by atoms with Crippen molar-refractivity contribution in [2.75, 3.05) is 0 Å². The molecular weight excluding hydrogens is 324 g/mol. The third-order valence-corrected chi connectivity index (χ3v) is 3.83. The molecule has 2 atom stereocenters. The Morgan fingerprint density at radius 2 is 2.20 bits per heavy atom. The number of esters is 1. The summed E-state index contributed by atoms with van der Waals surface area (Å²) in [5.41, 5.74) is 1.17. The van der Waals surface area contributed by atoms with E-state index < -0.39 is 0 Å². The van der Waals surface area contributed by atoms with E-state index in [0.717, 1.165) is 10.9 Å². The minimum absolute atomic E-state index is 0.0517. The summed E-state index contributed by atoms with van der Waals surface area (Å²) in [6.45, 7) is 1.77. The lowest BCUT2D eigenvalue weighted by molar-refractivity contribution is -0.146. The summed E-state index contributed by atoms with van der Waals surface area (Å²) < 4.78 is 11.1. The molecule has 0 amide bonds. The molecule has 1 aromatic carbocycles. The van der Waals surface area contributed by atoms with Gasteiger partial charge in [-0.05, 0) is 30.0 Å². The van der Waals surface area contributed by atoms with Crippen molar-refractivity contribution in [3.05, 3.63) is 46.0 Å². The van der Waals surface area contributed by atoms with Gasteiger partial charge in [0.1, 0.15) is 0 Å². The summed E-state index contributed by atoms with van der Waals surface area (Å²) in [5.74, 6) is 0.888. The van der Waals surface area contributed by atoms with E-state index in [1.165, 1.54) is 5.56 Å². The molecule has 0 bridgehead atoms. The summed E-state index contributed by atoms with van der Waals surface area (Å²) in [5, 5.41) is 3.69. The van der Waals surface area contributed by atoms with E-state index in [2.05, 4.69) is 26.1 Å². The molecule has 5 nitrogen and oxygen atoms in total. The molecule has 20 heavy (non-hydrogen) atoms. The van der Waals surface area contributed by atoms with Gasteiger partial charge in [0.25, 0.3) is 0 Å². The van der Waals surface area contributed by atoms with Gasteiger partial charge in [0.05, 0.1) is 5.92 Å². The highest BCUT2D eigenvalue weighted by molar-refractivity contribution is 9.10. The van der Waals surface area contributed by atoms with Crippen LogP contribution in [0, 0.1) is 12.8 Å². The Kier molecular flexibility index (Phi) is 3.56. The summed E-state index contributed by atoms with van der Waals surface area (Å²) >= 11 is 3.40. The second-order valence-electron chi connectivity index (χ2n) is 4.84. The number of rotatable bonds is 4. The van der Waals surface area contributed by atoms with Crippen molar-refractivity contribution >= 4 is 21.9 Å². The first-order valence-corrected chi connectivity index (χ1v) is 7.14. The van der Waals surface area contributed by atoms with Gasteiger partial charge in [0.15, 0.2) is 6.61 Å². The Hall–Kier alpha value is -1.69. The van der Waals surface area contributed by atoms with Gasteiger partial charge in [-0.3, -0.25) is 4.79 Å². The Labute approximate surface area is 124 Å². The number of halogens is 1. The summed E-state index contributed by atoms with van der Waals surface area (Å²) in [6, 6.07) is 8.03. The molecule has 1 aliphatic rings. The molecule has 6 heteroatoms. The number of carbonyl (C=O) groups is 1. The molecule has 1 aromatic heterocycles. The van der Waals surface area contributed by atoms with Crippen molar-refractivity contribution in [2.45, 2.75) is 25.9 Å². The van der Waals surface area contributed by atoms with E-state index in [1.54, 1.807) is 6.92 Å². The maximum Gasteiger partial charge on any atom is 0.310 e. The van der Waals surface area contributed by atoms with Crippen LogP contribution in [0.4, 0.5) is 0 Å². The van der Waals surface area contributed by atoms with E-state index >= 15 is 0 Å². The van der Waals surface area contributed by atoms with Crippen LogP contribution in [-0.4, -0.2) is 16.1 Å². The Balaban J connectivity index is 1.53. The molecule has 0 saturated heterocycles. The molecule has 0 aliphatic heterocycles. The van der Waals surface area contributed by atoms with Gasteiger partial charge in [0.2, 0.25) is 11.7 Å². The number of ether oxygens (including phenoxy) is 1. The van der Waals surface area contributed by atoms with Crippen LogP contribution in [-0.2, 0) is 16.1 Å². The van der Waals surface area contributed by atoms with Crippen molar-refractivity contribution in [1.29, 1.82) is 0 Å². The summed E-state index contributed by atoms with van der Waals surface area (Å²) in [7, 11) is 0. The second kappa shape index (κ2) is 5.36. The van der Waals surface area contributed by atoms with Gasteiger partial charge < -0.3 is 9.26 Å². The molecular formula is C14H13BrN2O3. The third kappa shape index (κ3) is 2.90. The summed E-state index contributed by atoms with van der Waals surface area (Å²) in [6.07, 6.45) is 0.839. The van der Waals surface area contributed by atoms with Crippen LogP contribution in [0.3, 0.4) is 0 Å². The molecule has 2 aromatic rings. The van der Waals surface area contributed by atoms with E-state index in [4.69, 9.17) is 9.26 Å². The standard InChI is InChI=1S/C14H13BrN2O3/c1-8-16-13(17-20-8)7-19-14(18)12-6-11(12)9-2-4-10(15)5-3-9/h2-5,11-12H,6-7H2,1H3/t11-,12+/m0/s1. The predicted octanol–water partition coefficient (Wildman–Crippen LogP) is 2.99. The highest BCUT2D eigenvalue weighted by atomic mass is 79.9. The average Bonchev–Trinajstić information content (AvgIpc) is 3.13. The van der Waals surface area contributed by atoms with Crippen molar-refractivity contribution in [3.63, 3.8) is 0 Å². The molecule has 3 rings (SSSR count). The van der Waals surface area contributed by atoms with Crippen LogP contribution < -0.4 is 0 Å². The van der Waals surface area contributed by atoms with E-state index in [9.17, 15) is 4.79 Å².